The van der Waals surface area contributed by atoms with Crippen molar-refractivity contribution in [2.75, 3.05) is 5.32 Å². The Morgan fingerprint density at radius 1 is 1.00 bits per heavy atom. The van der Waals surface area contributed by atoms with E-state index in [9.17, 15) is 0 Å². The highest BCUT2D eigenvalue weighted by Crippen LogP contribution is 2.31. The van der Waals surface area contributed by atoms with Crippen molar-refractivity contribution < 1.29 is 4.42 Å². The third kappa shape index (κ3) is 2.14. The number of nitrogens with one attached hydrogen (secondary N) is 1. The molecule has 0 fully saturated rings. The van der Waals surface area contributed by atoms with Crippen LogP contribution in [-0.2, 0) is 0 Å². The SMILES string of the molecule is Cc1cc2nc(Nc3nc4c(C)cccc4s3)oc2cc1C. The molecule has 22 heavy (non-hydrogen) atoms. The predicted octanol–water partition coefficient (Wildman–Crippen LogP) is 5.11. The smallest absolute Gasteiger partial charge is 0.302 e. The monoisotopic (exact) mass is 309 g/mol. The van der Waals surface area contributed by atoms with Gasteiger partial charge in [-0.2, -0.15) is 4.98 Å². The average Bonchev–Trinajstić information content (AvgIpc) is 3.04. The molecular formula is C17H15N3OS. The molecule has 4 rings (SSSR count). The Hall–Kier alpha value is -2.40. The molecule has 0 amide bonds. The minimum atomic E-state index is 0.483. The van der Waals surface area contributed by atoms with Crippen LogP contribution < -0.4 is 5.32 Å². The molecule has 110 valence electrons. The van der Waals surface area contributed by atoms with Crippen molar-refractivity contribution in [2.24, 2.45) is 0 Å². The van der Waals surface area contributed by atoms with Gasteiger partial charge in [-0.25, -0.2) is 4.98 Å². The zero-order chi connectivity index (χ0) is 15.3. The van der Waals surface area contributed by atoms with E-state index in [4.69, 9.17) is 4.42 Å². The molecule has 0 radical (unpaired) electrons. The Kier molecular flexibility index (Phi) is 2.90. The van der Waals surface area contributed by atoms with E-state index >= 15 is 0 Å². The first-order valence-corrected chi connectivity index (χ1v) is 7.93. The maximum Gasteiger partial charge on any atom is 0.302 e. The largest absolute Gasteiger partial charge is 0.423 e. The van der Waals surface area contributed by atoms with Crippen molar-refractivity contribution >= 4 is 43.8 Å². The van der Waals surface area contributed by atoms with E-state index in [-0.39, 0.29) is 0 Å². The summed E-state index contributed by atoms with van der Waals surface area (Å²) in [6, 6.07) is 10.7. The van der Waals surface area contributed by atoms with Crippen molar-refractivity contribution in [3.05, 3.63) is 47.0 Å². The molecule has 0 saturated heterocycles. The van der Waals surface area contributed by atoms with Crippen LogP contribution in [0.2, 0.25) is 0 Å². The highest BCUT2D eigenvalue weighted by Gasteiger charge is 2.11. The van der Waals surface area contributed by atoms with Gasteiger partial charge in [-0.05, 0) is 55.7 Å². The maximum atomic E-state index is 5.78. The molecule has 2 heterocycles. The summed E-state index contributed by atoms with van der Waals surface area (Å²) in [6.07, 6.45) is 0. The van der Waals surface area contributed by atoms with Crippen LogP contribution in [0.4, 0.5) is 11.1 Å². The first kappa shape index (κ1) is 13.3. The van der Waals surface area contributed by atoms with Crippen molar-refractivity contribution in [2.45, 2.75) is 20.8 Å². The fourth-order valence-corrected chi connectivity index (χ4v) is 3.40. The van der Waals surface area contributed by atoms with Gasteiger partial charge in [0.25, 0.3) is 0 Å². The quantitative estimate of drug-likeness (QED) is 0.559. The maximum absolute atomic E-state index is 5.78. The molecule has 4 nitrogen and oxygen atoms in total. The number of para-hydroxylation sites is 1. The molecule has 0 aliphatic heterocycles. The third-order valence-electron chi connectivity index (χ3n) is 3.84. The molecule has 2 aromatic carbocycles. The highest BCUT2D eigenvalue weighted by molar-refractivity contribution is 7.22. The number of oxazole rings is 1. The first-order chi connectivity index (χ1) is 10.6. The molecule has 0 spiro atoms. The van der Waals surface area contributed by atoms with Gasteiger partial charge in [0, 0.05) is 0 Å². The Morgan fingerprint density at radius 3 is 2.64 bits per heavy atom. The van der Waals surface area contributed by atoms with Crippen molar-refractivity contribution in [1.29, 1.82) is 0 Å². The van der Waals surface area contributed by atoms with Crippen LogP contribution in [0.1, 0.15) is 16.7 Å². The fraction of sp³-hybridized carbons (Fsp3) is 0.176. The van der Waals surface area contributed by atoms with Crippen molar-refractivity contribution in [1.82, 2.24) is 9.97 Å². The molecule has 2 aromatic heterocycles. The zero-order valence-corrected chi connectivity index (χ0v) is 13.4. The van der Waals surface area contributed by atoms with E-state index in [0.29, 0.717) is 6.01 Å². The van der Waals surface area contributed by atoms with E-state index in [0.717, 1.165) is 26.4 Å². The fourth-order valence-electron chi connectivity index (χ4n) is 2.46. The number of nitrogens with zero attached hydrogens (tertiary/aromatic N) is 2. The lowest BCUT2D eigenvalue weighted by Crippen LogP contribution is -1.88. The van der Waals surface area contributed by atoms with Crippen LogP contribution in [0.5, 0.6) is 0 Å². The van der Waals surface area contributed by atoms with Crippen LogP contribution in [0.25, 0.3) is 21.3 Å². The summed E-state index contributed by atoms with van der Waals surface area (Å²) in [5.74, 6) is 0. The Morgan fingerprint density at radius 2 is 1.82 bits per heavy atom. The highest BCUT2D eigenvalue weighted by atomic mass is 32.1. The van der Waals surface area contributed by atoms with E-state index in [1.54, 1.807) is 11.3 Å². The van der Waals surface area contributed by atoms with Gasteiger partial charge in [0.15, 0.2) is 10.7 Å². The van der Waals surface area contributed by atoms with Gasteiger partial charge in [-0.3, -0.25) is 5.32 Å². The lowest BCUT2D eigenvalue weighted by molar-refractivity contribution is 0.622. The Balaban J connectivity index is 1.74. The second kappa shape index (κ2) is 4.81. The van der Waals surface area contributed by atoms with E-state index in [1.165, 1.54) is 16.7 Å². The lowest BCUT2D eigenvalue weighted by Gasteiger charge is -1.96. The second-order valence-corrected chi connectivity index (χ2v) is 6.52. The van der Waals surface area contributed by atoms with Crippen LogP contribution in [-0.4, -0.2) is 9.97 Å². The molecule has 0 aliphatic carbocycles. The minimum Gasteiger partial charge on any atom is -0.423 e. The summed E-state index contributed by atoms with van der Waals surface area (Å²) < 4.78 is 6.94. The number of fused-ring (bicyclic) bond motifs is 2. The number of hydrogen-bond donors (Lipinski definition) is 1. The summed E-state index contributed by atoms with van der Waals surface area (Å²) in [4.78, 5) is 9.11. The van der Waals surface area contributed by atoms with Gasteiger partial charge in [-0.1, -0.05) is 23.5 Å². The number of hydrogen-bond acceptors (Lipinski definition) is 5. The first-order valence-electron chi connectivity index (χ1n) is 7.11. The Labute approximate surface area is 131 Å². The van der Waals surface area contributed by atoms with Crippen molar-refractivity contribution in [3.8, 4) is 0 Å². The van der Waals surface area contributed by atoms with Crippen molar-refractivity contribution in [3.63, 3.8) is 0 Å². The average molecular weight is 309 g/mol. The standard InChI is InChI=1S/C17H15N3OS/c1-9-5-4-6-14-15(9)19-17(22-14)20-16-18-12-7-10(2)11(3)8-13(12)21-16/h4-8H,1-3H3,(H,18,19,20). The molecular weight excluding hydrogens is 294 g/mol. The number of benzene rings is 2. The Bertz CT molecular complexity index is 961. The number of aryl methyl sites for hydroxylation is 3. The molecule has 0 unspecified atom stereocenters. The van der Waals surface area contributed by atoms with Gasteiger partial charge in [0.05, 0.1) is 10.2 Å². The van der Waals surface area contributed by atoms with Crippen LogP contribution in [0.15, 0.2) is 34.7 Å². The van der Waals surface area contributed by atoms with Crippen LogP contribution in [0, 0.1) is 20.8 Å². The normalized spacial score (nSPS) is 11.4. The number of anilines is 2. The number of aromatic nitrogens is 2. The molecule has 1 N–H and O–H groups in total. The number of rotatable bonds is 2. The summed E-state index contributed by atoms with van der Waals surface area (Å²) in [7, 11) is 0. The molecule has 0 aliphatic rings. The lowest BCUT2D eigenvalue weighted by atomic mass is 10.1. The minimum absolute atomic E-state index is 0.483. The molecule has 5 heteroatoms. The molecule has 0 atom stereocenters. The van der Waals surface area contributed by atoms with Gasteiger partial charge < -0.3 is 4.42 Å². The summed E-state index contributed by atoms with van der Waals surface area (Å²) in [5, 5.41) is 3.97. The van der Waals surface area contributed by atoms with Crippen LogP contribution >= 0.6 is 11.3 Å². The molecule has 0 bridgehead atoms. The summed E-state index contributed by atoms with van der Waals surface area (Å²) in [5.41, 5.74) is 6.27. The van der Waals surface area contributed by atoms with Gasteiger partial charge >= 0.3 is 6.01 Å². The van der Waals surface area contributed by atoms with Crippen LogP contribution in [0.3, 0.4) is 0 Å². The number of thiazole rings is 1. The molecule has 0 saturated carbocycles. The zero-order valence-electron chi connectivity index (χ0n) is 12.6. The van der Waals surface area contributed by atoms with Gasteiger partial charge in [0.2, 0.25) is 0 Å². The topological polar surface area (TPSA) is 51.0 Å². The summed E-state index contributed by atoms with van der Waals surface area (Å²) in [6.45, 7) is 6.21. The van der Waals surface area contributed by atoms with E-state index in [2.05, 4.69) is 48.2 Å². The predicted molar refractivity (Wildman–Crippen MR) is 91.1 cm³/mol. The van der Waals surface area contributed by atoms with E-state index < -0.39 is 0 Å². The van der Waals surface area contributed by atoms with Gasteiger partial charge in [0.1, 0.15) is 5.52 Å². The third-order valence-corrected chi connectivity index (χ3v) is 4.77. The summed E-state index contributed by atoms with van der Waals surface area (Å²) >= 11 is 1.60. The molecule has 4 aromatic rings. The van der Waals surface area contributed by atoms with E-state index in [1.807, 2.05) is 18.2 Å². The van der Waals surface area contributed by atoms with Gasteiger partial charge in [-0.15, -0.1) is 0 Å². The second-order valence-electron chi connectivity index (χ2n) is 5.49.